The van der Waals surface area contributed by atoms with E-state index in [9.17, 15) is 4.79 Å². The first-order chi connectivity index (χ1) is 13.0. The highest BCUT2D eigenvalue weighted by molar-refractivity contribution is 5.90. The van der Waals surface area contributed by atoms with Crippen molar-refractivity contribution >= 4 is 11.7 Å². The van der Waals surface area contributed by atoms with Crippen LogP contribution in [0, 0.1) is 13.8 Å². The van der Waals surface area contributed by atoms with Crippen LogP contribution in [0.1, 0.15) is 16.7 Å². The second-order valence-electron chi connectivity index (χ2n) is 7.18. The molecule has 0 spiro atoms. The number of methoxy groups -OCH3 is 1. The van der Waals surface area contributed by atoms with E-state index in [1.54, 1.807) is 7.11 Å². The van der Waals surface area contributed by atoms with Crippen molar-refractivity contribution in [3.63, 3.8) is 0 Å². The number of anilines is 1. The Hall–Kier alpha value is -2.53. The van der Waals surface area contributed by atoms with Crippen molar-refractivity contribution in [3.05, 3.63) is 59.2 Å². The molecule has 2 aromatic carbocycles. The van der Waals surface area contributed by atoms with Gasteiger partial charge in [-0.1, -0.05) is 24.3 Å². The number of piperazine rings is 1. The maximum absolute atomic E-state index is 12.6. The summed E-state index contributed by atoms with van der Waals surface area (Å²) >= 11 is 0. The lowest BCUT2D eigenvalue weighted by molar-refractivity contribution is 0.148. The summed E-state index contributed by atoms with van der Waals surface area (Å²) in [6.07, 6.45) is 1.01. The molecule has 1 saturated heterocycles. The minimum atomic E-state index is -0.00138. The van der Waals surface area contributed by atoms with Gasteiger partial charge in [0.15, 0.2) is 0 Å². The van der Waals surface area contributed by atoms with Crippen LogP contribution in [0.25, 0.3) is 0 Å². The van der Waals surface area contributed by atoms with Gasteiger partial charge in [-0.3, -0.25) is 4.90 Å². The highest BCUT2D eigenvalue weighted by Gasteiger charge is 2.21. The number of hydrogen-bond donors (Lipinski definition) is 1. The Bertz CT molecular complexity index is 766. The van der Waals surface area contributed by atoms with Crippen molar-refractivity contribution in [2.75, 3.05) is 45.2 Å². The molecule has 5 nitrogen and oxygen atoms in total. The number of amides is 2. The first kappa shape index (κ1) is 19.2. The van der Waals surface area contributed by atoms with Gasteiger partial charge in [-0.2, -0.15) is 0 Å². The average Bonchev–Trinajstić information content (AvgIpc) is 2.70. The van der Waals surface area contributed by atoms with Gasteiger partial charge in [-0.05, 0) is 55.2 Å². The minimum absolute atomic E-state index is 0.00138. The predicted octanol–water partition coefficient (Wildman–Crippen LogP) is 3.70. The van der Waals surface area contributed by atoms with Gasteiger partial charge in [0.05, 0.1) is 7.11 Å². The summed E-state index contributed by atoms with van der Waals surface area (Å²) in [4.78, 5) is 16.9. The summed E-state index contributed by atoms with van der Waals surface area (Å²) in [6, 6.07) is 14.4. The molecular weight excluding hydrogens is 338 g/mol. The number of nitrogens with one attached hydrogen (secondary N) is 1. The van der Waals surface area contributed by atoms with E-state index in [4.69, 9.17) is 4.74 Å². The molecule has 2 amide bonds. The summed E-state index contributed by atoms with van der Waals surface area (Å²) in [5, 5.41) is 3.06. The Morgan fingerprint density at radius 1 is 1.04 bits per heavy atom. The van der Waals surface area contributed by atoms with Gasteiger partial charge in [0.1, 0.15) is 5.75 Å². The molecule has 0 unspecified atom stereocenters. The molecule has 5 heteroatoms. The molecule has 2 aromatic rings. The number of ether oxygens (including phenoxy) is 1. The second-order valence-corrected chi connectivity index (χ2v) is 7.18. The lowest BCUT2D eigenvalue weighted by Gasteiger charge is -2.34. The van der Waals surface area contributed by atoms with Crippen LogP contribution in [-0.4, -0.2) is 55.7 Å². The number of aryl methyl sites for hydroxylation is 2. The fourth-order valence-electron chi connectivity index (χ4n) is 3.32. The molecule has 0 aliphatic carbocycles. The Morgan fingerprint density at radius 2 is 1.74 bits per heavy atom. The van der Waals surface area contributed by atoms with E-state index >= 15 is 0 Å². The lowest BCUT2D eigenvalue weighted by atomic mass is 10.1. The molecule has 0 bridgehead atoms. The Kier molecular flexibility index (Phi) is 6.35. The summed E-state index contributed by atoms with van der Waals surface area (Å²) in [7, 11) is 1.69. The largest absolute Gasteiger partial charge is 0.497 e. The summed E-state index contributed by atoms with van der Waals surface area (Å²) in [6.45, 7) is 8.42. The van der Waals surface area contributed by atoms with Crippen LogP contribution in [0.5, 0.6) is 5.75 Å². The van der Waals surface area contributed by atoms with Crippen molar-refractivity contribution in [1.29, 1.82) is 0 Å². The van der Waals surface area contributed by atoms with Crippen LogP contribution in [0.4, 0.5) is 10.5 Å². The molecule has 0 radical (unpaired) electrons. The van der Waals surface area contributed by atoms with Crippen LogP contribution in [0.3, 0.4) is 0 Å². The monoisotopic (exact) mass is 367 g/mol. The van der Waals surface area contributed by atoms with Crippen molar-refractivity contribution < 1.29 is 9.53 Å². The molecule has 144 valence electrons. The maximum Gasteiger partial charge on any atom is 0.321 e. The van der Waals surface area contributed by atoms with Crippen LogP contribution in [-0.2, 0) is 6.42 Å². The molecule has 27 heavy (non-hydrogen) atoms. The van der Waals surface area contributed by atoms with E-state index in [0.717, 1.165) is 61.7 Å². The van der Waals surface area contributed by atoms with E-state index in [1.165, 1.54) is 5.56 Å². The van der Waals surface area contributed by atoms with Crippen LogP contribution in [0.15, 0.2) is 42.5 Å². The molecule has 0 atom stereocenters. The molecule has 3 rings (SSSR count). The number of urea groups is 1. The highest BCUT2D eigenvalue weighted by Crippen LogP contribution is 2.17. The van der Waals surface area contributed by atoms with E-state index in [1.807, 2.05) is 43.0 Å². The molecule has 1 heterocycles. The minimum Gasteiger partial charge on any atom is -0.497 e. The first-order valence-electron chi connectivity index (χ1n) is 9.53. The van der Waals surface area contributed by atoms with Gasteiger partial charge in [-0.15, -0.1) is 0 Å². The summed E-state index contributed by atoms with van der Waals surface area (Å²) in [5.74, 6) is 0.891. The molecule has 0 saturated carbocycles. The molecule has 0 aromatic heterocycles. The zero-order valence-corrected chi connectivity index (χ0v) is 16.5. The van der Waals surface area contributed by atoms with Crippen molar-refractivity contribution in [1.82, 2.24) is 9.80 Å². The number of hydrogen-bond acceptors (Lipinski definition) is 3. The third-order valence-corrected chi connectivity index (χ3v) is 5.17. The van der Waals surface area contributed by atoms with Gasteiger partial charge in [0.2, 0.25) is 0 Å². The van der Waals surface area contributed by atoms with Crippen LogP contribution >= 0.6 is 0 Å². The zero-order chi connectivity index (χ0) is 19.2. The standard InChI is InChI=1S/C22H29N3O2/c1-17-4-5-18(2)21(16-17)23-22(26)25-14-12-24(13-15-25)11-10-19-6-8-20(27-3)9-7-19/h4-9,16H,10-15H2,1-3H3,(H,23,26). The van der Waals surface area contributed by atoms with Crippen molar-refractivity contribution in [2.45, 2.75) is 20.3 Å². The van der Waals surface area contributed by atoms with Crippen molar-refractivity contribution in [3.8, 4) is 5.75 Å². The third kappa shape index (κ3) is 5.23. The summed E-state index contributed by atoms with van der Waals surface area (Å²) in [5.41, 5.74) is 4.46. The predicted molar refractivity (Wildman–Crippen MR) is 110 cm³/mol. The van der Waals surface area contributed by atoms with Crippen LogP contribution < -0.4 is 10.1 Å². The number of benzene rings is 2. The first-order valence-corrected chi connectivity index (χ1v) is 9.53. The van der Waals surface area contributed by atoms with Gasteiger partial charge in [0.25, 0.3) is 0 Å². The topological polar surface area (TPSA) is 44.8 Å². The Balaban J connectivity index is 1.45. The van der Waals surface area contributed by atoms with Crippen molar-refractivity contribution in [2.24, 2.45) is 0 Å². The fraction of sp³-hybridized carbons (Fsp3) is 0.409. The van der Waals surface area contributed by atoms with Gasteiger partial charge in [-0.25, -0.2) is 4.79 Å². The third-order valence-electron chi connectivity index (χ3n) is 5.17. The zero-order valence-electron chi connectivity index (χ0n) is 16.5. The summed E-state index contributed by atoms with van der Waals surface area (Å²) < 4.78 is 5.20. The second kappa shape index (κ2) is 8.91. The highest BCUT2D eigenvalue weighted by atomic mass is 16.5. The van der Waals surface area contributed by atoms with Crippen LogP contribution in [0.2, 0.25) is 0 Å². The lowest BCUT2D eigenvalue weighted by Crippen LogP contribution is -2.50. The Labute approximate surface area is 161 Å². The number of carbonyl (C=O) groups is 1. The quantitative estimate of drug-likeness (QED) is 0.876. The molecule has 1 fully saturated rings. The molecule has 1 aliphatic rings. The number of carbonyl (C=O) groups excluding carboxylic acids is 1. The van der Waals surface area contributed by atoms with E-state index in [2.05, 4.69) is 28.4 Å². The normalized spacial score (nSPS) is 14.9. The SMILES string of the molecule is COc1ccc(CCN2CCN(C(=O)Nc3cc(C)ccc3C)CC2)cc1. The van der Waals surface area contributed by atoms with Gasteiger partial charge < -0.3 is 15.0 Å². The molecular formula is C22H29N3O2. The molecule has 1 aliphatic heterocycles. The van der Waals surface area contributed by atoms with E-state index in [-0.39, 0.29) is 6.03 Å². The van der Waals surface area contributed by atoms with E-state index in [0.29, 0.717) is 0 Å². The average molecular weight is 367 g/mol. The van der Waals surface area contributed by atoms with Gasteiger partial charge in [0, 0.05) is 38.4 Å². The fourth-order valence-corrected chi connectivity index (χ4v) is 3.32. The van der Waals surface area contributed by atoms with Gasteiger partial charge >= 0.3 is 6.03 Å². The Morgan fingerprint density at radius 3 is 2.41 bits per heavy atom. The van der Waals surface area contributed by atoms with E-state index < -0.39 is 0 Å². The maximum atomic E-state index is 12.6. The molecule has 1 N–H and O–H groups in total. The number of nitrogens with zero attached hydrogens (tertiary/aromatic N) is 2. The number of rotatable bonds is 5. The smallest absolute Gasteiger partial charge is 0.321 e.